The van der Waals surface area contributed by atoms with Crippen LogP contribution in [0.3, 0.4) is 0 Å². The predicted molar refractivity (Wildman–Crippen MR) is 36.7 cm³/mol. The van der Waals surface area contributed by atoms with Crippen molar-refractivity contribution in [2.24, 2.45) is 0 Å². The van der Waals surface area contributed by atoms with Crippen molar-refractivity contribution in [1.29, 1.82) is 0 Å². The molecule has 1 nitrogen and oxygen atoms in total. The van der Waals surface area contributed by atoms with Crippen LogP contribution in [0.1, 0.15) is 0 Å². The Balaban J connectivity index is 0. The summed E-state index contributed by atoms with van der Waals surface area (Å²) in [4.78, 5) is 0. The Kier molecular flexibility index (Phi) is 9.80. The summed E-state index contributed by atoms with van der Waals surface area (Å²) < 4.78 is 0. The van der Waals surface area contributed by atoms with Crippen LogP contribution in [-0.2, 0) is 19.5 Å². The molecular weight excluding hydrogens is 194 g/mol. The summed E-state index contributed by atoms with van der Waals surface area (Å²) in [5.41, 5.74) is 0. The van der Waals surface area contributed by atoms with Crippen molar-refractivity contribution in [3.8, 4) is 5.75 Å². The van der Waals surface area contributed by atoms with E-state index in [9.17, 15) is 0 Å². The molecular formula is C6H8CaOZn. The normalized spacial score (nSPS) is 6.67. The van der Waals surface area contributed by atoms with Gasteiger partial charge >= 0.3 is 37.7 Å². The smallest absolute Gasteiger partial charge is 0 e. The third kappa shape index (κ3) is 5.35. The number of phenols is 1. The third-order valence-corrected chi connectivity index (χ3v) is 0.756. The molecule has 0 amide bonds. The van der Waals surface area contributed by atoms with Crippen molar-refractivity contribution in [2.75, 3.05) is 0 Å². The van der Waals surface area contributed by atoms with Gasteiger partial charge in [-0.15, -0.1) is 0 Å². The van der Waals surface area contributed by atoms with Crippen molar-refractivity contribution in [3.05, 3.63) is 30.3 Å². The van der Waals surface area contributed by atoms with E-state index in [1.165, 1.54) is 0 Å². The summed E-state index contributed by atoms with van der Waals surface area (Å²) in [6.07, 6.45) is 0. The maximum Gasteiger partial charge on any atom is 0 e. The Labute approximate surface area is 97.2 Å². The predicted octanol–water partition coefficient (Wildman–Crippen LogP) is 0.473. The summed E-state index contributed by atoms with van der Waals surface area (Å²) in [6.45, 7) is 0. The minimum Gasteiger partial charge on any atom is 0 e. The minimum absolute atomic E-state index is 0. The van der Waals surface area contributed by atoms with E-state index in [1.54, 1.807) is 24.3 Å². The number of aromatic hydroxyl groups is 1. The van der Waals surface area contributed by atoms with Gasteiger partial charge in [-0.05, 0) is 12.1 Å². The largest absolute Gasteiger partial charge is 0 e. The molecule has 1 rings (SSSR count). The second-order valence-electron chi connectivity index (χ2n) is 1.34. The number of hydrogen-bond donors (Lipinski definition) is 1. The molecule has 0 aromatic heterocycles. The summed E-state index contributed by atoms with van der Waals surface area (Å²) >= 11 is 0. The Morgan fingerprint density at radius 1 is 1.00 bits per heavy atom. The van der Waals surface area contributed by atoms with Crippen molar-refractivity contribution in [1.82, 2.24) is 0 Å². The van der Waals surface area contributed by atoms with Gasteiger partial charge in [-0.2, -0.15) is 0 Å². The second kappa shape index (κ2) is 7.02. The monoisotopic (exact) mass is 200 g/mol. The number of para-hydroxylation sites is 1. The molecule has 0 saturated carbocycles. The van der Waals surface area contributed by atoms with Gasteiger partial charge in [0.2, 0.25) is 0 Å². The van der Waals surface area contributed by atoms with Crippen LogP contribution in [0.4, 0.5) is 0 Å². The first kappa shape index (κ1) is 12.6. The Morgan fingerprint density at radius 2 is 1.44 bits per heavy atom. The van der Waals surface area contributed by atoms with Crippen LogP contribution in [-0.4, -0.2) is 42.8 Å². The zero-order valence-electron chi connectivity index (χ0n) is 4.54. The van der Waals surface area contributed by atoms with Crippen molar-refractivity contribution < 1.29 is 24.6 Å². The van der Waals surface area contributed by atoms with E-state index in [4.69, 9.17) is 5.11 Å². The molecule has 1 aromatic rings. The van der Waals surface area contributed by atoms with Crippen LogP contribution in [0, 0.1) is 0 Å². The van der Waals surface area contributed by atoms with E-state index < -0.39 is 0 Å². The van der Waals surface area contributed by atoms with Gasteiger partial charge in [0, 0.05) is 19.5 Å². The van der Waals surface area contributed by atoms with Crippen LogP contribution >= 0.6 is 0 Å². The van der Waals surface area contributed by atoms with Gasteiger partial charge in [0.1, 0.15) is 5.75 Å². The van der Waals surface area contributed by atoms with Crippen molar-refractivity contribution in [2.45, 2.75) is 0 Å². The third-order valence-electron chi connectivity index (χ3n) is 0.756. The zero-order chi connectivity index (χ0) is 5.11. The van der Waals surface area contributed by atoms with Gasteiger partial charge in [0.25, 0.3) is 0 Å². The molecule has 0 bridgehead atoms. The Bertz CT molecular complexity index is 143. The van der Waals surface area contributed by atoms with Crippen LogP contribution in [0.5, 0.6) is 5.75 Å². The van der Waals surface area contributed by atoms with E-state index in [-0.39, 0.29) is 57.2 Å². The summed E-state index contributed by atoms with van der Waals surface area (Å²) in [6, 6.07) is 8.71. The van der Waals surface area contributed by atoms with Gasteiger partial charge in [0.15, 0.2) is 0 Å². The fourth-order valence-corrected chi connectivity index (χ4v) is 0.428. The average molecular weight is 202 g/mol. The minimum atomic E-state index is 0. The number of benzene rings is 1. The molecule has 0 saturated heterocycles. The number of phenolic OH excluding ortho intramolecular Hbond substituents is 1. The maximum atomic E-state index is 8.63. The molecule has 1 aromatic carbocycles. The average Bonchev–Trinajstić information content (AvgIpc) is 1.69. The fourth-order valence-electron chi connectivity index (χ4n) is 0.428. The Morgan fingerprint density at radius 3 is 1.67 bits per heavy atom. The summed E-state index contributed by atoms with van der Waals surface area (Å²) in [5, 5.41) is 8.63. The van der Waals surface area contributed by atoms with E-state index in [0.717, 1.165) is 0 Å². The molecule has 0 aliphatic rings. The topological polar surface area (TPSA) is 20.2 Å². The molecule has 0 unspecified atom stereocenters. The standard InChI is InChI=1S/C6H6O.Ca.Zn.2H/c7-6-4-2-1-3-5-6;;;;/h1-5,7H;;;;. The van der Waals surface area contributed by atoms with Gasteiger partial charge in [-0.1, -0.05) is 18.2 Å². The van der Waals surface area contributed by atoms with Crippen LogP contribution in [0.15, 0.2) is 30.3 Å². The maximum absolute atomic E-state index is 8.63. The van der Waals surface area contributed by atoms with E-state index in [1.807, 2.05) is 6.07 Å². The van der Waals surface area contributed by atoms with Gasteiger partial charge in [-0.25, -0.2) is 0 Å². The van der Waals surface area contributed by atoms with Crippen molar-refractivity contribution >= 4 is 37.7 Å². The Hall–Kier alpha value is 0.903. The molecule has 9 heavy (non-hydrogen) atoms. The zero-order valence-corrected chi connectivity index (χ0v) is 7.51. The van der Waals surface area contributed by atoms with Crippen molar-refractivity contribution in [3.63, 3.8) is 0 Å². The summed E-state index contributed by atoms with van der Waals surface area (Å²) in [5.74, 6) is 0.322. The molecule has 0 fully saturated rings. The molecule has 1 N–H and O–H groups in total. The van der Waals surface area contributed by atoms with E-state index >= 15 is 0 Å². The van der Waals surface area contributed by atoms with E-state index in [2.05, 4.69) is 0 Å². The quantitative estimate of drug-likeness (QED) is 0.606. The molecule has 0 heterocycles. The molecule has 0 radical (unpaired) electrons. The van der Waals surface area contributed by atoms with Crippen LogP contribution in [0.2, 0.25) is 0 Å². The molecule has 0 atom stereocenters. The molecule has 0 aliphatic carbocycles. The first-order valence-corrected chi connectivity index (χ1v) is 2.13. The van der Waals surface area contributed by atoms with Gasteiger partial charge in [-0.3, -0.25) is 0 Å². The number of hydrogen-bond acceptors (Lipinski definition) is 1. The summed E-state index contributed by atoms with van der Waals surface area (Å²) in [7, 11) is 0. The second-order valence-corrected chi connectivity index (χ2v) is 1.34. The van der Waals surface area contributed by atoms with Gasteiger partial charge < -0.3 is 5.11 Å². The molecule has 0 aliphatic heterocycles. The van der Waals surface area contributed by atoms with E-state index in [0.29, 0.717) is 5.75 Å². The molecule has 0 spiro atoms. The molecule has 42 valence electrons. The van der Waals surface area contributed by atoms with Crippen LogP contribution in [0.25, 0.3) is 0 Å². The fraction of sp³-hybridized carbons (Fsp3) is 0. The molecule has 3 heteroatoms. The SMILES string of the molecule is Oc1ccccc1.[CaH2].[Zn]. The first-order valence-electron chi connectivity index (χ1n) is 2.13. The van der Waals surface area contributed by atoms with Crippen LogP contribution < -0.4 is 0 Å². The first-order chi connectivity index (χ1) is 3.39. The number of rotatable bonds is 0. The van der Waals surface area contributed by atoms with Gasteiger partial charge in [0.05, 0.1) is 0 Å².